The highest BCUT2D eigenvalue weighted by atomic mass is 35.5. The van der Waals surface area contributed by atoms with Gasteiger partial charge in [0, 0.05) is 18.3 Å². The summed E-state index contributed by atoms with van der Waals surface area (Å²) in [6.45, 7) is 2.87. The Morgan fingerprint density at radius 3 is 2.75 bits per heavy atom. The minimum atomic E-state index is 0. The molecule has 1 aromatic heterocycles. The van der Waals surface area contributed by atoms with Crippen LogP contribution in [0.3, 0.4) is 0 Å². The van der Waals surface area contributed by atoms with Crippen LogP contribution in [0.25, 0.3) is 0 Å². The van der Waals surface area contributed by atoms with Gasteiger partial charge in [0.2, 0.25) is 5.91 Å². The van der Waals surface area contributed by atoms with E-state index in [9.17, 15) is 4.79 Å². The van der Waals surface area contributed by atoms with Crippen molar-refractivity contribution in [2.45, 2.75) is 32.2 Å². The van der Waals surface area contributed by atoms with Crippen molar-refractivity contribution in [3.05, 3.63) is 21.3 Å². The Bertz CT molecular complexity index is 419. The summed E-state index contributed by atoms with van der Waals surface area (Å²) in [5.74, 6) is 0.956. The van der Waals surface area contributed by atoms with Crippen LogP contribution in [0.5, 0.6) is 0 Å². The number of halogens is 2. The SMILES string of the molecule is CN(Cc1ccc(Cl)s1)C(=O)CCC1CCNCC1.Cl. The maximum Gasteiger partial charge on any atom is 0.222 e. The van der Waals surface area contributed by atoms with Crippen molar-refractivity contribution in [2.24, 2.45) is 5.92 Å². The Morgan fingerprint density at radius 2 is 2.15 bits per heavy atom. The normalized spacial score (nSPS) is 15.7. The third kappa shape index (κ3) is 5.60. The van der Waals surface area contributed by atoms with E-state index >= 15 is 0 Å². The van der Waals surface area contributed by atoms with Crippen LogP contribution in [-0.4, -0.2) is 30.9 Å². The molecule has 3 nitrogen and oxygen atoms in total. The summed E-state index contributed by atoms with van der Waals surface area (Å²) in [6, 6.07) is 3.87. The maximum atomic E-state index is 12.1. The molecule has 0 radical (unpaired) electrons. The van der Waals surface area contributed by atoms with Gasteiger partial charge in [-0.25, -0.2) is 0 Å². The molecule has 1 aromatic rings. The molecule has 1 saturated heterocycles. The topological polar surface area (TPSA) is 32.3 Å². The largest absolute Gasteiger partial charge is 0.341 e. The molecule has 1 aliphatic heterocycles. The smallest absolute Gasteiger partial charge is 0.222 e. The van der Waals surface area contributed by atoms with Crippen molar-refractivity contribution in [3.63, 3.8) is 0 Å². The summed E-state index contributed by atoms with van der Waals surface area (Å²) in [7, 11) is 1.87. The number of amides is 1. The summed E-state index contributed by atoms with van der Waals surface area (Å²) in [5.41, 5.74) is 0. The van der Waals surface area contributed by atoms with Crippen molar-refractivity contribution in [2.75, 3.05) is 20.1 Å². The van der Waals surface area contributed by atoms with Gasteiger partial charge >= 0.3 is 0 Å². The van der Waals surface area contributed by atoms with Gasteiger partial charge < -0.3 is 10.2 Å². The number of hydrogen-bond donors (Lipinski definition) is 1. The molecule has 0 saturated carbocycles. The highest BCUT2D eigenvalue weighted by Crippen LogP contribution is 2.23. The molecule has 114 valence electrons. The Hall–Kier alpha value is -0.290. The van der Waals surface area contributed by atoms with Crippen LogP contribution in [0.4, 0.5) is 0 Å². The number of carbonyl (C=O) groups is 1. The molecule has 1 N–H and O–H groups in total. The van der Waals surface area contributed by atoms with Gasteiger partial charge in [0.05, 0.1) is 10.9 Å². The molecule has 6 heteroatoms. The molecular weight excluding hydrogens is 315 g/mol. The molecule has 0 bridgehead atoms. The zero-order valence-electron chi connectivity index (χ0n) is 11.7. The summed E-state index contributed by atoms with van der Waals surface area (Å²) >= 11 is 7.44. The van der Waals surface area contributed by atoms with Crippen LogP contribution in [0, 0.1) is 5.92 Å². The van der Waals surface area contributed by atoms with Gasteiger partial charge in [0.15, 0.2) is 0 Å². The molecular formula is C14H22Cl2N2OS. The minimum absolute atomic E-state index is 0. The zero-order chi connectivity index (χ0) is 13.7. The van der Waals surface area contributed by atoms with E-state index in [1.807, 2.05) is 24.1 Å². The van der Waals surface area contributed by atoms with E-state index < -0.39 is 0 Å². The fraction of sp³-hybridized carbons (Fsp3) is 0.643. The van der Waals surface area contributed by atoms with Crippen molar-refractivity contribution >= 4 is 41.3 Å². The van der Waals surface area contributed by atoms with E-state index in [2.05, 4.69) is 5.32 Å². The van der Waals surface area contributed by atoms with Crippen molar-refractivity contribution in [1.82, 2.24) is 10.2 Å². The molecule has 1 fully saturated rings. The van der Waals surface area contributed by atoms with Gasteiger partial charge in [-0.15, -0.1) is 23.7 Å². The molecule has 0 aliphatic carbocycles. The third-order valence-electron chi connectivity index (χ3n) is 3.67. The average Bonchev–Trinajstić information content (AvgIpc) is 2.82. The lowest BCUT2D eigenvalue weighted by Gasteiger charge is -2.23. The van der Waals surface area contributed by atoms with Crippen molar-refractivity contribution < 1.29 is 4.79 Å². The van der Waals surface area contributed by atoms with E-state index in [0.717, 1.165) is 34.6 Å². The van der Waals surface area contributed by atoms with Crippen LogP contribution < -0.4 is 5.32 Å². The van der Waals surface area contributed by atoms with Gasteiger partial charge in [-0.05, 0) is 50.4 Å². The second-order valence-electron chi connectivity index (χ2n) is 5.19. The van der Waals surface area contributed by atoms with Gasteiger partial charge in [-0.1, -0.05) is 11.6 Å². The Kier molecular flexibility index (Phi) is 7.88. The molecule has 1 amide bonds. The number of nitrogens with one attached hydrogen (secondary N) is 1. The first-order chi connectivity index (χ1) is 9.15. The second kappa shape index (κ2) is 8.88. The van der Waals surface area contributed by atoms with E-state index in [1.54, 1.807) is 11.3 Å². The number of rotatable bonds is 5. The number of hydrogen-bond acceptors (Lipinski definition) is 3. The fourth-order valence-corrected chi connectivity index (χ4v) is 3.59. The van der Waals surface area contributed by atoms with Crippen LogP contribution in [0.15, 0.2) is 12.1 Å². The van der Waals surface area contributed by atoms with Crippen molar-refractivity contribution in [3.8, 4) is 0 Å². The quantitative estimate of drug-likeness (QED) is 0.891. The summed E-state index contributed by atoms with van der Waals surface area (Å²) in [4.78, 5) is 15.0. The van der Waals surface area contributed by atoms with Crippen molar-refractivity contribution in [1.29, 1.82) is 0 Å². The highest BCUT2D eigenvalue weighted by Gasteiger charge is 2.16. The standard InChI is InChI=1S/C14H21ClN2OS.ClH/c1-17(10-12-3-4-13(15)19-12)14(18)5-2-11-6-8-16-9-7-11;/h3-4,11,16H,2,5-10H2,1H3;1H. The molecule has 0 aromatic carbocycles. The predicted molar refractivity (Wildman–Crippen MR) is 87.9 cm³/mol. The van der Waals surface area contributed by atoms with E-state index in [-0.39, 0.29) is 18.3 Å². The van der Waals surface area contributed by atoms with Gasteiger partial charge in [-0.3, -0.25) is 4.79 Å². The monoisotopic (exact) mass is 336 g/mol. The lowest BCUT2D eigenvalue weighted by molar-refractivity contribution is -0.130. The Balaban J connectivity index is 0.00000200. The lowest BCUT2D eigenvalue weighted by Crippen LogP contribution is -2.30. The first kappa shape index (κ1) is 17.8. The maximum absolute atomic E-state index is 12.1. The molecule has 0 unspecified atom stereocenters. The summed E-state index contributed by atoms with van der Waals surface area (Å²) < 4.78 is 0.783. The third-order valence-corrected chi connectivity index (χ3v) is 4.89. The molecule has 1 aliphatic rings. The van der Waals surface area contributed by atoms with Gasteiger partial charge in [-0.2, -0.15) is 0 Å². The zero-order valence-corrected chi connectivity index (χ0v) is 14.1. The molecule has 20 heavy (non-hydrogen) atoms. The lowest BCUT2D eigenvalue weighted by atomic mass is 9.93. The number of carbonyl (C=O) groups excluding carboxylic acids is 1. The predicted octanol–water partition coefficient (Wildman–Crippen LogP) is 3.56. The molecule has 2 heterocycles. The van der Waals surface area contributed by atoms with Crippen LogP contribution in [0.1, 0.15) is 30.6 Å². The molecule has 0 spiro atoms. The number of piperidine rings is 1. The van der Waals surface area contributed by atoms with Gasteiger partial charge in [0.1, 0.15) is 0 Å². The van der Waals surface area contributed by atoms with Crippen LogP contribution in [-0.2, 0) is 11.3 Å². The Labute approximate surface area is 136 Å². The van der Waals surface area contributed by atoms with E-state index in [0.29, 0.717) is 13.0 Å². The average molecular weight is 337 g/mol. The first-order valence-corrected chi connectivity index (χ1v) is 8.03. The van der Waals surface area contributed by atoms with E-state index in [1.165, 1.54) is 12.8 Å². The highest BCUT2D eigenvalue weighted by molar-refractivity contribution is 7.16. The minimum Gasteiger partial charge on any atom is -0.341 e. The fourth-order valence-electron chi connectivity index (χ4n) is 2.45. The second-order valence-corrected chi connectivity index (χ2v) is 6.99. The molecule has 0 atom stereocenters. The summed E-state index contributed by atoms with van der Waals surface area (Å²) in [5, 5.41) is 3.35. The van der Waals surface area contributed by atoms with Gasteiger partial charge in [0.25, 0.3) is 0 Å². The first-order valence-electron chi connectivity index (χ1n) is 6.84. The van der Waals surface area contributed by atoms with Crippen LogP contribution >= 0.6 is 35.3 Å². The molecule has 2 rings (SSSR count). The Morgan fingerprint density at radius 1 is 1.45 bits per heavy atom. The van der Waals surface area contributed by atoms with Crippen LogP contribution in [0.2, 0.25) is 4.34 Å². The van der Waals surface area contributed by atoms with E-state index in [4.69, 9.17) is 11.6 Å². The number of thiophene rings is 1. The number of nitrogens with zero attached hydrogens (tertiary/aromatic N) is 1. The summed E-state index contributed by atoms with van der Waals surface area (Å²) in [6.07, 6.45) is 4.10.